The number of hydrogen-bond donors (Lipinski definition) is 1. The van der Waals surface area contributed by atoms with Gasteiger partial charge in [-0.05, 0) is 18.2 Å². The topological polar surface area (TPSA) is 38.7 Å². The number of benzene rings is 1. The van der Waals surface area contributed by atoms with Crippen LogP contribution in [0, 0.1) is 0 Å². The van der Waals surface area contributed by atoms with Crippen LogP contribution in [-0.2, 0) is 11.3 Å². The molecule has 0 bridgehead atoms. The summed E-state index contributed by atoms with van der Waals surface area (Å²) in [5, 5.41) is 9.15. The van der Waals surface area contributed by atoms with Crippen molar-refractivity contribution in [3.8, 4) is 11.5 Å². The van der Waals surface area contributed by atoms with Gasteiger partial charge in [0.2, 0.25) is 0 Å². The lowest BCUT2D eigenvalue weighted by Crippen LogP contribution is -1.93. The first-order valence-electron chi connectivity index (χ1n) is 3.62. The van der Waals surface area contributed by atoms with E-state index in [9.17, 15) is 0 Å². The van der Waals surface area contributed by atoms with Crippen molar-refractivity contribution in [2.75, 3.05) is 14.2 Å². The molecule has 0 aliphatic heterocycles. The maximum Gasteiger partial charge on any atom is 0.124 e. The Morgan fingerprint density at radius 3 is 2.67 bits per heavy atom. The van der Waals surface area contributed by atoms with E-state index in [4.69, 9.17) is 14.6 Å². The van der Waals surface area contributed by atoms with Crippen molar-refractivity contribution < 1.29 is 14.6 Å². The van der Waals surface area contributed by atoms with Gasteiger partial charge in [0.05, 0.1) is 13.7 Å². The molecule has 0 radical (unpaired) electrons. The Morgan fingerprint density at radius 1 is 1.33 bits per heavy atom. The van der Waals surface area contributed by atoms with Crippen LogP contribution < -0.4 is 4.74 Å². The van der Waals surface area contributed by atoms with E-state index in [1.54, 1.807) is 32.4 Å². The minimum absolute atomic E-state index is 0.225. The van der Waals surface area contributed by atoms with Crippen LogP contribution in [0.5, 0.6) is 11.5 Å². The van der Waals surface area contributed by atoms with Gasteiger partial charge in [0, 0.05) is 12.7 Å². The Balaban J connectivity index is 2.95. The molecule has 3 heteroatoms. The zero-order chi connectivity index (χ0) is 8.97. The monoisotopic (exact) mass is 168 g/mol. The Morgan fingerprint density at radius 2 is 2.08 bits per heavy atom. The van der Waals surface area contributed by atoms with E-state index in [1.807, 2.05) is 0 Å². The number of phenolic OH excluding ortho intramolecular Hbond substituents is 1. The summed E-state index contributed by atoms with van der Waals surface area (Å²) in [6.07, 6.45) is 0. The third kappa shape index (κ3) is 1.89. The van der Waals surface area contributed by atoms with Crippen molar-refractivity contribution in [3.63, 3.8) is 0 Å². The number of ether oxygens (including phenoxy) is 2. The zero-order valence-electron chi connectivity index (χ0n) is 7.20. The van der Waals surface area contributed by atoms with E-state index in [0.29, 0.717) is 6.61 Å². The van der Waals surface area contributed by atoms with Gasteiger partial charge in [0.25, 0.3) is 0 Å². The summed E-state index contributed by atoms with van der Waals surface area (Å²) in [5.74, 6) is 0.956. The van der Waals surface area contributed by atoms with Crippen LogP contribution in [0.4, 0.5) is 0 Å². The normalized spacial score (nSPS) is 9.83. The van der Waals surface area contributed by atoms with Crippen molar-refractivity contribution >= 4 is 0 Å². The van der Waals surface area contributed by atoms with Crippen LogP contribution in [0.1, 0.15) is 5.56 Å². The molecule has 0 saturated heterocycles. The third-order valence-corrected chi connectivity index (χ3v) is 1.56. The van der Waals surface area contributed by atoms with Crippen LogP contribution in [0.15, 0.2) is 18.2 Å². The molecule has 1 rings (SSSR count). The van der Waals surface area contributed by atoms with Crippen LogP contribution in [-0.4, -0.2) is 19.3 Å². The lowest BCUT2D eigenvalue weighted by atomic mass is 10.2. The molecule has 12 heavy (non-hydrogen) atoms. The predicted octanol–water partition coefficient (Wildman–Crippen LogP) is 1.55. The predicted molar refractivity (Wildman–Crippen MR) is 45.4 cm³/mol. The van der Waals surface area contributed by atoms with Gasteiger partial charge in [-0.2, -0.15) is 0 Å². The van der Waals surface area contributed by atoms with E-state index < -0.39 is 0 Å². The van der Waals surface area contributed by atoms with E-state index in [1.165, 1.54) is 0 Å². The fraction of sp³-hybridized carbons (Fsp3) is 0.333. The number of hydrogen-bond acceptors (Lipinski definition) is 3. The fourth-order valence-electron chi connectivity index (χ4n) is 1.03. The summed E-state index contributed by atoms with van der Waals surface area (Å²) in [6.45, 7) is 0.442. The Kier molecular flexibility index (Phi) is 2.94. The molecule has 1 aromatic rings. The Hall–Kier alpha value is -1.22. The van der Waals surface area contributed by atoms with Crippen LogP contribution in [0.2, 0.25) is 0 Å². The number of methoxy groups -OCH3 is 2. The highest BCUT2D eigenvalue weighted by molar-refractivity contribution is 5.39. The lowest BCUT2D eigenvalue weighted by molar-refractivity contribution is 0.181. The molecule has 1 N–H and O–H groups in total. The van der Waals surface area contributed by atoms with Crippen LogP contribution in [0.3, 0.4) is 0 Å². The molecule has 0 aromatic heterocycles. The second kappa shape index (κ2) is 3.97. The van der Waals surface area contributed by atoms with Crippen molar-refractivity contribution in [2.24, 2.45) is 0 Å². The molecule has 0 saturated carbocycles. The fourth-order valence-corrected chi connectivity index (χ4v) is 1.03. The second-order valence-electron chi connectivity index (χ2n) is 2.43. The molecule has 0 atom stereocenters. The maximum absolute atomic E-state index is 9.15. The minimum atomic E-state index is 0.225. The quantitative estimate of drug-likeness (QED) is 0.744. The van der Waals surface area contributed by atoms with Crippen LogP contribution >= 0.6 is 0 Å². The lowest BCUT2D eigenvalue weighted by Gasteiger charge is -2.07. The summed E-state index contributed by atoms with van der Waals surface area (Å²) >= 11 is 0. The zero-order valence-corrected chi connectivity index (χ0v) is 7.20. The highest BCUT2D eigenvalue weighted by atomic mass is 16.5. The van der Waals surface area contributed by atoms with Gasteiger partial charge in [0.1, 0.15) is 11.5 Å². The summed E-state index contributed by atoms with van der Waals surface area (Å²) < 4.78 is 10.00. The Bertz CT molecular complexity index is 258. The summed E-state index contributed by atoms with van der Waals surface area (Å²) in [7, 11) is 3.19. The summed E-state index contributed by atoms with van der Waals surface area (Å²) in [5.41, 5.74) is 0.847. The van der Waals surface area contributed by atoms with Crippen molar-refractivity contribution in [1.29, 1.82) is 0 Å². The van der Waals surface area contributed by atoms with Gasteiger partial charge < -0.3 is 14.6 Å². The smallest absolute Gasteiger partial charge is 0.124 e. The molecule has 0 unspecified atom stereocenters. The van der Waals surface area contributed by atoms with E-state index in [0.717, 1.165) is 11.3 Å². The molecular formula is C9H12O3. The number of rotatable bonds is 3. The largest absolute Gasteiger partial charge is 0.508 e. The first-order chi connectivity index (χ1) is 5.77. The first kappa shape index (κ1) is 8.87. The SMILES string of the molecule is COCc1cc(O)ccc1OC. The van der Waals surface area contributed by atoms with Crippen molar-refractivity contribution in [1.82, 2.24) is 0 Å². The van der Waals surface area contributed by atoms with Gasteiger partial charge in [-0.15, -0.1) is 0 Å². The molecular weight excluding hydrogens is 156 g/mol. The highest BCUT2D eigenvalue weighted by Crippen LogP contribution is 2.23. The van der Waals surface area contributed by atoms with Gasteiger partial charge in [0.15, 0.2) is 0 Å². The molecule has 0 aliphatic carbocycles. The standard InChI is InChI=1S/C9H12O3/c1-11-6-7-5-8(10)3-4-9(7)12-2/h3-5,10H,6H2,1-2H3. The van der Waals surface area contributed by atoms with Crippen molar-refractivity contribution in [3.05, 3.63) is 23.8 Å². The average Bonchev–Trinajstić information content (AvgIpc) is 2.05. The molecule has 0 spiro atoms. The molecule has 3 nitrogen and oxygen atoms in total. The molecule has 0 aliphatic rings. The maximum atomic E-state index is 9.15. The summed E-state index contributed by atoms with van der Waals surface area (Å²) in [6, 6.07) is 4.92. The van der Waals surface area contributed by atoms with Gasteiger partial charge in [-0.1, -0.05) is 0 Å². The molecule has 0 heterocycles. The highest BCUT2D eigenvalue weighted by Gasteiger charge is 2.02. The van der Waals surface area contributed by atoms with E-state index >= 15 is 0 Å². The minimum Gasteiger partial charge on any atom is -0.508 e. The van der Waals surface area contributed by atoms with Gasteiger partial charge in [-0.3, -0.25) is 0 Å². The van der Waals surface area contributed by atoms with E-state index in [2.05, 4.69) is 0 Å². The van der Waals surface area contributed by atoms with Gasteiger partial charge >= 0.3 is 0 Å². The third-order valence-electron chi connectivity index (χ3n) is 1.56. The van der Waals surface area contributed by atoms with Gasteiger partial charge in [-0.25, -0.2) is 0 Å². The second-order valence-corrected chi connectivity index (χ2v) is 2.43. The number of phenols is 1. The average molecular weight is 168 g/mol. The van der Waals surface area contributed by atoms with Crippen molar-refractivity contribution in [2.45, 2.75) is 6.61 Å². The van der Waals surface area contributed by atoms with E-state index in [-0.39, 0.29) is 5.75 Å². The molecule has 66 valence electrons. The summed E-state index contributed by atoms with van der Waals surface area (Å²) in [4.78, 5) is 0. The number of aromatic hydroxyl groups is 1. The van der Waals surface area contributed by atoms with Crippen LogP contribution in [0.25, 0.3) is 0 Å². The molecule has 0 amide bonds. The molecule has 0 fully saturated rings. The molecule has 1 aromatic carbocycles. The first-order valence-corrected chi connectivity index (χ1v) is 3.62. The Labute approximate surface area is 71.5 Å².